The highest BCUT2D eigenvalue weighted by Gasteiger charge is 2.37. The van der Waals surface area contributed by atoms with Gasteiger partial charge in [0, 0.05) is 13.5 Å². The predicted molar refractivity (Wildman–Crippen MR) is 90.8 cm³/mol. The number of nitrogens with zero attached hydrogens (tertiary/aromatic N) is 1. The maximum Gasteiger partial charge on any atom is 0.421 e. The minimum Gasteiger partial charge on any atom is -0.477 e. The molecule has 28 heavy (non-hydrogen) atoms. The smallest absolute Gasteiger partial charge is 0.421 e. The summed E-state index contributed by atoms with van der Waals surface area (Å²) in [5, 5.41) is 11.2. The molecule has 8 nitrogen and oxygen atoms in total. The number of halogens is 3. The fraction of sp³-hybridized carbons (Fsp3) is 0.588. The van der Waals surface area contributed by atoms with Gasteiger partial charge in [0.25, 0.3) is 0 Å². The molecular formula is C17H22F3N3O5. The first kappa shape index (κ1) is 21.9. The highest BCUT2D eigenvalue weighted by Crippen LogP contribution is 2.36. The first-order chi connectivity index (χ1) is 13.0. The van der Waals surface area contributed by atoms with E-state index in [1.165, 1.54) is 0 Å². The van der Waals surface area contributed by atoms with E-state index in [0.717, 1.165) is 18.9 Å². The molecule has 1 aromatic heterocycles. The zero-order chi connectivity index (χ0) is 20.9. The Morgan fingerprint density at radius 1 is 1.39 bits per heavy atom. The third-order valence-corrected chi connectivity index (χ3v) is 4.11. The number of carboxylic acids is 1. The van der Waals surface area contributed by atoms with Crippen LogP contribution in [0.25, 0.3) is 0 Å². The summed E-state index contributed by atoms with van der Waals surface area (Å²) in [5.41, 5.74) is 3.79. The van der Waals surface area contributed by atoms with Crippen LogP contribution in [0.1, 0.15) is 35.3 Å². The zero-order valence-electron chi connectivity index (χ0n) is 15.2. The Morgan fingerprint density at radius 2 is 2.04 bits per heavy atom. The van der Waals surface area contributed by atoms with Gasteiger partial charge in [-0.05, 0) is 30.9 Å². The largest absolute Gasteiger partial charge is 0.477 e. The Labute approximate surface area is 159 Å². The number of amides is 1. The second-order valence-corrected chi connectivity index (χ2v) is 6.81. The molecule has 11 heteroatoms. The van der Waals surface area contributed by atoms with Crippen molar-refractivity contribution in [1.82, 2.24) is 10.3 Å². The SMILES string of the molecule is CNC(=O)CC1(N)COC1.O=C(O)c1ccc(C(F)(F)F)c(OCC2CC2)n1. The number of ether oxygens (including phenoxy) is 2. The zero-order valence-corrected chi connectivity index (χ0v) is 15.2. The number of rotatable bonds is 6. The van der Waals surface area contributed by atoms with E-state index in [2.05, 4.69) is 10.3 Å². The van der Waals surface area contributed by atoms with Crippen molar-refractivity contribution in [2.24, 2.45) is 11.7 Å². The summed E-state index contributed by atoms with van der Waals surface area (Å²) in [6, 6.07) is 1.49. The van der Waals surface area contributed by atoms with Crippen LogP contribution in [0.2, 0.25) is 0 Å². The fourth-order valence-electron chi connectivity index (χ4n) is 2.24. The second-order valence-electron chi connectivity index (χ2n) is 6.81. The monoisotopic (exact) mass is 405 g/mol. The molecule has 1 aliphatic carbocycles. The fourth-order valence-corrected chi connectivity index (χ4v) is 2.24. The Hall–Kier alpha value is -2.40. The van der Waals surface area contributed by atoms with Gasteiger partial charge in [0.05, 0.1) is 25.4 Å². The summed E-state index contributed by atoms with van der Waals surface area (Å²) in [5.74, 6) is -1.82. The van der Waals surface area contributed by atoms with Crippen molar-refractivity contribution < 1.29 is 37.3 Å². The number of aromatic nitrogens is 1. The van der Waals surface area contributed by atoms with Crippen LogP contribution < -0.4 is 15.8 Å². The lowest BCUT2D eigenvalue weighted by Crippen LogP contribution is -2.59. The molecule has 4 N–H and O–H groups in total. The van der Waals surface area contributed by atoms with E-state index < -0.39 is 29.3 Å². The minimum absolute atomic E-state index is 0.0224. The van der Waals surface area contributed by atoms with Crippen LogP contribution in [0.4, 0.5) is 13.2 Å². The van der Waals surface area contributed by atoms with Gasteiger partial charge in [-0.3, -0.25) is 4.79 Å². The number of carbonyl (C=O) groups is 2. The number of pyridine rings is 1. The molecule has 1 amide bonds. The third-order valence-electron chi connectivity index (χ3n) is 4.11. The van der Waals surface area contributed by atoms with Gasteiger partial charge in [0.2, 0.25) is 11.8 Å². The molecule has 1 saturated carbocycles. The van der Waals surface area contributed by atoms with Crippen LogP contribution in [0, 0.1) is 5.92 Å². The molecule has 1 saturated heterocycles. The summed E-state index contributed by atoms with van der Waals surface area (Å²) >= 11 is 0. The van der Waals surface area contributed by atoms with Crippen molar-refractivity contribution in [2.45, 2.75) is 31.0 Å². The summed E-state index contributed by atoms with van der Waals surface area (Å²) in [6.45, 7) is 1.14. The Kier molecular flexibility index (Phi) is 6.83. The van der Waals surface area contributed by atoms with E-state index in [1.807, 2.05) is 0 Å². The van der Waals surface area contributed by atoms with Gasteiger partial charge >= 0.3 is 12.1 Å². The second kappa shape index (κ2) is 8.74. The molecule has 1 aliphatic heterocycles. The lowest BCUT2D eigenvalue weighted by molar-refractivity contribution is -0.139. The Morgan fingerprint density at radius 3 is 2.46 bits per heavy atom. The molecule has 156 valence electrons. The standard InChI is InChI=1S/C11H10F3NO3.C6H12N2O2/c12-11(13,14)7-3-4-8(10(16)17)15-9(7)18-5-6-1-2-6;1-8-5(9)2-6(7)3-10-4-6/h3-4,6H,1-2,5H2,(H,16,17);2-4,7H2,1H3,(H,8,9). The maximum absolute atomic E-state index is 12.7. The normalized spacial score (nSPS) is 17.6. The lowest BCUT2D eigenvalue weighted by Gasteiger charge is -2.36. The van der Waals surface area contributed by atoms with Crippen LogP contribution >= 0.6 is 0 Å². The lowest BCUT2D eigenvalue weighted by atomic mass is 9.94. The number of hydrogen-bond donors (Lipinski definition) is 3. The van der Waals surface area contributed by atoms with Crippen LogP contribution in [0.15, 0.2) is 12.1 Å². The van der Waals surface area contributed by atoms with Gasteiger partial charge < -0.3 is 25.6 Å². The molecule has 0 unspecified atom stereocenters. The molecule has 2 fully saturated rings. The molecule has 3 rings (SSSR count). The van der Waals surface area contributed by atoms with E-state index in [4.69, 9.17) is 20.3 Å². The topological polar surface area (TPSA) is 124 Å². The van der Waals surface area contributed by atoms with E-state index in [1.54, 1.807) is 7.05 Å². The van der Waals surface area contributed by atoms with Crippen molar-refractivity contribution in [3.8, 4) is 5.88 Å². The summed E-state index contributed by atoms with van der Waals surface area (Å²) in [6.07, 6.45) is -2.41. The molecule has 1 aromatic rings. The first-order valence-electron chi connectivity index (χ1n) is 8.55. The van der Waals surface area contributed by atoms with Crippen molar-refractivity contribution >= 4 is 11.9 Å². The molecule has 0 aromatic carbocycles. The molecular weight excluding hydrogens is 383 g/mol. The van der Waals surface area contributed by atoms with Gasteiger partial charge in [-0.1, -0.05) is 0 Å². The van der Waals surface area contributed by atoms with E-state index in [-0.39, 0.29) is 24.0 Å². The van der Waals surface area contributed by atoms with Crippen LogP contribution in [-0.2, 0) is 15.7 Å². The Bertz CT molecular complexity index is 718. The summed E-state index contributed by atoms with van der Waals surface area (Å²) < 4.78 is 47.8. The number of hydrogen-bond acceptors (Lipinski definition) is 6. The number of carboxylic acid groups (broad SMARTS) is 1. The highest BCUT2D eigenvalue weighted by atomic mass is 19.4. The molecule has 0 radical (unpaired) electrons. The summed E-state index contributed by atoms with van der Waals surface area (Å²) in [4.78, 5) is 24.8. The minimum atomic E-state index is -4.61. The van der Waals surface area contributed by atoms with Crippen molar-refractivity contribution in [3.05, 3.63) is 23.4 Å². The predicted octanol–water partition coefficient (Wildman–Crippen LogP) is 1.44. The van der Waals surface area contributed by atoms with Gasteiger partial charge in [-0.15, -0.1) is 0 Å². The van der Waals surface area contributed by atoms with Crippen molar-refractivity contribution in [1.29, 1.82) is 0 Å². The average molecular weight is 405 g/mol. The first-order valence-corrected chi connectivity index (χ1v) is 8.55. The molecule has 0 spiro atoms. The quantitative estimate of drug-likeness (QED) is 0.654. The van der Waals surface area contributed by atoms with E-state index >= 15 is 0 Å². The molecule has 2 aliphatic rings. The molecule has 2 heterocycles. The Balaban J connectivity index is 0.000000237. The van der Waals surface area contributed by atoms with Gasteiger partial charge in [-0.2, -0.15) is 13.2 Å². The van der Waals surface area contributed by atoms with Gasteiger partial charge in [0.15, 0.2) is 5.69 Å². The van der Waals surface area contributed by atoms with Crippen molar-refractivity contribution in [3.63, 3.8) is 0 Å². The highest BCUT2D eigenvalue weighted by molar-refractivity contribution is 5.85. The van der Waals surface area contributed by atoms with Gasteiger partial charge in [0.1, 0.15) is 5.56 Å². The average Bonchev–Trinajstić information content (AvgIpc) is 3.42. The van der Waals surface area contributed by atoms with Crippen LogP contribution in [-0.4, -0.2) is 54.4 Å². The van der Waals surface area contributed by atoms with E-state index in [0.29, 0.717) is 25.7 Å². The molecule has 0 bridgehead atoms. The van der Waals surface area contributed by atoms with Crippen molar-refractivity contribution in [2.75, 3.05) is 26.9 Å². The number of aromatic carboxylic acids is 1. The summed E-state index contributed by atoms with van der Waals surface area (Å²) in [7, 11) is 1.60. The number of nitrogens with two attached hydrogens (primary N) is 1. The van der Waals surface area contributed by atoms with Crippen LogP contribution in [0.3, 0.4) is 0 Å². The van der Waals surface area contributed by atoms with Gasteiger partial charge in [-0.25, -0.2) is 9.78 Å². The molecule has 0 atom stereocenters. The van der Waals surface area contributed by atoms with Crippen LogP contribution in [0.5, 0.6) is 5.88 Å². The maximum atomic E-state index is 12.7. The number of nitrogens with one attached hydrogen (secondary N) is 1. The van der Waals surface area contributed by atoms with E-state index in [9.17, 15) is 22.8 Å². The number of alkyl halides is 3. The number of carbonyl (C=O) groups excluding carboxylic acids is 1. The third kappa shape index (κ3) is 6.34.